The molecule has 1 amide bonds. The number of sulfone groups is 1. The summed E-state index contributed by atoms with van der Waals surface area (Å²) in [5.41, 5.74) is 0.340. The second-order valence-corrected chi connectivity index (χ2v) is 10.4. The number of ether oxygens (including phenoxy) is 1. The summed E-state index contributed by atoms with van der Waals surface area (Å²) in [6.45, 7) is -0.245. The number of amides is 1. The van der Waals surface area contributed by atoms with Crippen LogP contribution < -0.4 is 4.80 Å². The fraction of sp³-hybridized carbons (Fsp3) is 0.250. The van der Waals surface area contributed by atoms with Crippen LogP contribution in [0.2, 0.25) is 5.02 Å². The Bertz CT molecular complexity index is 1390. The number of carbonyl (C=O) groups is 2. The van der Waals surface area contributed by atoms with Gasteiger partial charge in [-0.1, -0.05) is 22.9 Å². The Labute approximate surface area is 197 Å². The number of rotatable bonds is 8. The molecule has 0 aliphatic rings. The zero-order valence-electron chi connectivity index (χ0n) is 17.3. The number of hydrogen-bond acceptors (Lipinski definition) is 8. The number of carbonyl (C=O) groups excluding carboxylic acids is 2. The number of fused-ring (bicyclic) bond motifs is 1. The number of hydrogen-bond donors (Lipinski definition) is 0. The highest BCUT2D eigenvalue weighted by Gasteiger charge is 2.17. The van der Waals surface area contributed by atoms with Crippen molar-refractivity contribution in [1.82, 2.24) is 4.57 Å². The smallest absolute Gasteiger partial charge is 0.325 e. The SMILES string of the molecule is COC(=O)Cn1c(=NC(=O)CCCS(=O)(=O)c2ccc(Cl)cc2)sc2cc([N+](=O)[O-])ccc21. The summed E-state index contributed by atoms with van der Waals surface area (Å²) in [5, 5.41) is 11.5. The lowest BCUT2D eigenvalue weighted by molar-refractivity contribution is -0.384. The first-order chi connectivity index (χ1) is 15.6. The van der Waals surface area contributed by atoms with Gasteiger partial charge in [0.15, 0.2) is 14.6 Å². The third-order valence-corrected chi connectivity index (χ3v) is 7.70. The first-order valence-corrected chi connectivity index (χ1v) is 12.4. The van der Waals surface area contributed by atoms with Crippen LogP contribution in [0.1, 0.15) is 12.8 Å². The molecule has 10 nitrogen and oxygen atoms in total. The van der Waals surface area contributed by atoms with Gasteiger partial charge in [0, 0.05) is 23.6 Å². The van der Waals surface area contributed by atoms with E-state index in [-0.39, 0.29) is 40.5 Å². The highest BCUT2D eigenvalue weighted by molar-refractivity contribution is 7.91. The second kappa shape index (κ2) is 10.2. The molecule has 0 aliphatic carbocycles. The third-order valence-electron chi connectivity index (χ3n) is 4.59. The van der Waals surface area contributed by atoms with Gasteiger partial charge in [-0.15, -0.1) is 0 Å². The molecule has 0 spiro atoms. The number of halogens is 1. The van der Waals surface area contributed by atoms with Gasteiger partial charge in [0.25, 0.3) is 5.69 Å². The Balaban J connectivity index is 1.82. The molecule has 0 atom stereocenters. The molecule has 0 aliphatic heterocycles. The van der Waals surface area contributed by atoms with Crippen molar-refractivity contribution in [1.29, 1.82) is 0 Å². The molecule has 0 radical (unpaired) electrons. The van der Waals surface area contributed by atoms with E-state index in [0.717, 1.165) is 11.3 Å². The quantitative estimate of drug-likeness (QED) is 0.257. The lowest BCUT2D eigenvalue weighted by Gasteiger charge is -2.04. The highest BCUT2D eigenvalue weighted by Crippen LogP contribution is 2.23. The van der Waals surface area contributed by atoms with E-state index >= 15 is 0 Å². The number of nitrogens with zero attached hydrogens (tertiary/aromatic N) is 3. The lowest BCUT2D eigenvalue weighted by atomic mass is 10.3. The minimum absolute atomic E-state index is 0.0423. The van der Waals surface area contributed by atoms with Gasteiger partial charge in [-0.05, 0) is 36.8 Å². The molecule has 3 aromatic rings. The fourth-order valence-corrected chi connectivity index (χ4v) is 5.46. The van der Waals surface area contributed by atoms with Crippen molar-refractivity contribution >= 4 is 60.6 Å². The van der Waals surface area contributed by atoms with E-state index in [1.165, 1.54) is 54.1 Å². The predicted octanol–water partition coefficient (Wildman–Crippen LogP) is 3.12. The molecule has 0 unspecified atom stereocenters. The van der Waals surface area contributed by atoms with Crippen LogP contribution in [0.3, 0.4) is 0 Å². The number of nitro benzene ring substituents is 1. The predicted molar refractivity (Wildman–Crippen MR) is 122 cm³/mol. The number of aromatic nitrogens is 1. The van der Waals surface area contributed by atoms with Crippen molar-refractivity contribution in [3.63, 3.8) is 0 Å². The molecule has 1 aromatic heterocycles. The average molecular weight is 512 g/mol. The van der Waals surface area contributed by atoms with Crippen LogP contribution in [0.4, 0.5) is 5.69 Å². The van der Waals surface area contributed by atoms with E-state index < -0.39 is 26.6 Å². The van der Waals surface area contributed by atoms with Gasteiger partial charge in [-0.25, -0.2) is 8.42 Å². The molecule has 0 saturated carbocycles. The van der Waals surface area contributed by atoms with Gasteiger partial charge in [0.2, 0.25) is 5.91 Å². The lowest BCUT2D eigenvalue weighted by Crippen LogP contribution is -2.22. The number of non-ortho nitro benzene ring substituents is 1. The number of nitro groups is 1. The fourth-order valence-electron chi connectivity index (χ4n) is 2.94. The molecule has 0 N–H and O–H groups in total. The van der Waals surface area contributed by atoms with Gasteiger partial charge in [-0.3, -0.25) is 19.7 Å². The number of esters is 1. The van der Waals surface area contributed by atoms with Gasteiger partial charge in [0.05, 0.1) is 32.9 Å². The zero-order valence-corrected chi connectivity index (χ0v) is 19.7. The minimum Gasteiger partial charge on any atom is -0.468 e. The molecule has 1 heterocycles. The van der Waals surface area contributed by atoms with E-state index in [9.17, 15) is 28.1 Å². The summed E-state index contributed by atoms with van der Waals surface area (Å²) in [7, 11) is -2.37. The largest absolute Gasteiger partial charge is 0.468 e. The molecular weight excluding hydrogens is 494 g/mol. The first kappa shape index (κ1) is 24.6. The van der Waals surface area contributed by atoms with Crippen molar-refractivity contribution < 1.29 is 27.7 Å². The summed E-state index contributed by atoms with van der Waals surface area (Å²) >= 11 is 6.78. The molecular formula is C20H18ClN3O7S2. The maximum absolute atomic E-state index is 12.4. The monoisotopic (exact) mass is 511 g/mol. The van der Waals surface area contributed by atoms with Crippen LogP contribution in [-0.2, 0) is 30.7 Å². The molecule has 33 heavy (non-hydrogen) atoms. The zero-order chi connectivity index (χ0) is 24.2. The van der Waals surface area contributed by atoms with Crippen molar-refractivity contribution in [2.24, 2.45) is 4.99 Å². The van der Waals surface area contributed by atoms with E-state index in [0.29, 0.717) is 15.2 Å². The van der Waals surface area contributed by atoms with Gasteiger partial charge in [0.1, 0.15) is 6.54 Å². The van der Waals surface area contributed by atoms with Crippen LogP contribution in [0.5, 0.6) is 0 Å². The van der Waals surface area contributed by atoms with E-state index in [4.69, 9.17) is 11.6 Å². The summed E-state index contributed by atoms with van der Waals surface area (Å²) in [5.74, 6) is -1.42. The minimum atomic E-state index is -3.59. The van der Waals surface area contributed by atoms with E-state index in [1.54, 1.807) is 0 Å². The van der Waals surface area contributed by atoms with E-state index in [1.807, 2.05) is 0 Å². The van der Waals surface area contributed by atoms with Crippen molar-refractivity contribution in [2.75, 3.05) is 12.9 Å². The molecule has 0 bridgehead atoms. The second-order valence-electron chi connectivity index (χ2n) is 6.84. The van der Waals surface area contributed by atoms with E-state index in [2.05, 4.69) is 9.73 Å². The standard InChI is InChI=1S/C20H18ClN3O7S2/c1-31-19(26)12-23-16-9-6-14(24(27)28)11-17(16)32-20(23)22-18(25)3-2-10-33(29,30)15-7-4-13(21)5-8-15/h4-9,11H,2-3,10,12H2,1H3. The molecule has 2 aromatic carbocycles. The van der Waals surface area contributed by atoms with Crippen LogP contribution in [0.25, 0.3) is 10.2 Å². The Morgan fingerprint density at radius 2 is 1.91 bits per heavy atom. The number of methoxy groups -OCH3 is 1. The Hall–Kier alpha value is -3.09. The molecule has 174 valence electrons. The Kier molecular flexibility index (Phi) is 7.61. The van der Waals surface area contributed by atoms with Crippen molar-refractivity contribution in [2.45, 2.75) is 24.3 Å². The van der Waals surface area contributed by atoms with Gasteiger partial charge in [-0.2, -0.15) is 4.99 Å². The van der Waals surface area contributed by atoms with Crippen molar-refractivity contribution in [3.8, 4) is 0 Å². The maximum Gasteiger partial charge on any atom is 0.325 e. The highest BCUT2D eigenvalue weighted by atomic mass is 35.5. The number of benzene rings is 2. The van der Waals surface area contributed by atoms with Crippen LogP contribution in [0, 0.1) is 10.1 Å². The summed E-state index contributed by atoms with van der Waals surface area (Å²) in [6, 6.07) is 9.83. The molecule has 3 rings (SSSR count). The summed E-state index contributed by atoms with van der Waals surface area (Å²) in [6.07, 6.45) is -0.0971. The topological polar surface area (TPSA) is 138 Å². The van der Waals surface area contributed by atoms with Crippen LogP contribution in [-0.4, -0.2) is 42.6 Å². The van der Waals surface area contributed by atoms with Gasteiger partial charge < -0.3 is 9.30 Å². The number of thiazole rings is 1. The molecule has 0 fully saturated rings. The Morgan fingerprint density at radius 3 is 2.55 bits per heavy atom. The third kappa shape index (κ3) is 6.03. The van der Waals surface area contributed by atoms with Gasteiger partial charge >= 0.3 is 5.97 Å². The summed E-state index contributed by atoms with van der Waals surface area (Å²) < 4.78 is 31.4. The van der Waals surface area contributed by atoms with Crippen molar-refractivity contribution in [3.05, 3.63) is 62.4 Å². The average Bonchev–Trinajstić information content (AvgIpc) is 3.09. The normalized spacial score (nSPS) is 12.1. The summed E-state index contributed by atoms with van der Waals surface area (Å²) in [4.78, 5) is 39.0. The van der Waals surface area contributed by atoms with Crippen LogP contribution >= 0.6 is 22.9 Å². The van der Waals surface area contributed by atoms with Crippen LogP contribution in [0.15, 0.2) is 52.4 Å². The maximum atomic E-state index is 12.4. The molecule has 0 saturated heterocycles. The first-order valence-electron chi connectivity index (χ1n) is 9.51. The Morgan fingerprint density at radius 1 is 1.21 bits per heavy atom. The molecule has 13 heteroatoms.